The van der Waals surface area contributed by atoms with E-state index in [0.29, 0.717) is 24.7 Å². The Balaban J connectivity index is 2.11. The predicted octanol–water partition coefficient (Wildman–Crippen LogP) is 1.43. The Kier molecular flexibility index (Phi) is 2.90. The van der Waals surface area contributed by atoms with Crippen LogP contribution in [-0.4, -0.2) is 30.6 Å². The number of aromatic nitrogens is 1. The molecule has 14 heavy (non-hydrogen) atoms. The maximum absolute atomic E-state index is 11.0. The van der Waals surface area contributed by atoms with Crippen LogP contribution in [0.25, 0.3) is 0 Å². The molecule has 2 heterocycles. The van der Waals surface area contributed by atoms with Gasteiger partial charge in [0.15, 0.2) is 5.78 Å². The van der Waals surface area contributed by atoms with Gasteiger partial charge in [0, 0.05) is 13.1 Å². The minimum Gasteiger partial charge on any atom is -0.376 e. The maximum atomic E-state index is 11.0. The SMILES string of the molecule is CC(=O)c1cnc(C2COCCO2)s1. The molecule has 5 heteroatoms. The quantitative estimate of drug-likeness (QED) is 0.697. The summed E-state index contributed by atoms with van der Waals surface area (Å²) in [6.07, 6.45) is 1.50. The molecule has 1 aromatic heterocycles. The van der Waals surface area contributed by atoms with Gasteiger partial charge >= 0.3 is 0 Å². The van der Waals surface area contributed by atoms with Crippen LogP contribution < -0.4 is 0 Å². The van der Waals surface area contributed by atoms with Crippen LogP contribution in [0.3, 0.4) is 0 Å². The first kappa shape index (κ1) is 9.76. The maximum Gasteiger partial charge on any atom is 0.171 e. The molecule has 1 aliphatic heterocycles. The number of hydrogen-bond acceptors (Lipinski definition) is 5. The third-order valence-corrected chi connectivity index (χ3v) is 3.15. The van der Waals surface area contributed by atoms with Crippen LogP contribution in [0.2, 0.25) is 0 Å². The lowest BCUT2D eigenvalue weighted by atomic mass is 10.4. The van der Waals surface area contributed by atoms with Gasteiger partial charge in [-0.15, -0.1) is 11.3 Å². The van der Waals surface area contributed by atoms with Gasteiger partial charge in [0.1, 0.15) is 11.1 Å². The van der Waals surface area contributed by atoms with Crippen molar-refractivity contribution in [1.29, 1.82) is 0 Å². The first-order valence-corrected chi connectivity index (χ1v) is 5.25. The molecule has 0 spiro atoms. The van der Waals surface area contributed by atoms with Crippen LogP contribution in [0.4, 0.5) is 0 Å². The molecule has 1 aliphatic rings. The lowest BCUT2D eigenvalue weighted by Gasteiger charge is -2.20. The fourth-order valence-electron chi connectivity index (χ4n) is 1.23. The van der Waals surface area contributed by atoms with Crippen molar-refractivity contribution in [1.82, 2.24) is 4.98 Å². The number of ketones is 1. The van der Waals surface area contributed by atoms with Crippen molar-refractivity contribution in [3.05, 3.63) is 16.1 Å². The van der Waals surface area contributed by atoms with Crippen molar-refractivity contribution < 1.29 is 14.3 Å². The first-order chi connectivity index (χ1) is 6.77. The highest BCUT2D eigenvalue weighted by atomic mass is 32.1. The van der Waals surface area contributed by atoms with E-state index in [-0.39, 0.29) is 11.9 Å². The summed E-state index contributed by atoms with van der Waals surface area (Å²) in [4.78, 5) is 15.9. The van der Waals surface area contributed by atoms with E-state index in [4.69, 9.17) is 9.47 Å². The molecule has 1 saturated heterocycles. The lowest BCUT2D eigenvalue weighted by Crippen LogP contribution is -2.21. The zero-order valence-electron chi connectivity index (χ0n) is 7.86. The summed E-state index contributed by atoms with van der Waals surface area (Å²) in [5.74, 6) is 0.0467. The molecule has 76 valence electrons. The van der Waals surface area contributed by atoms with Gasteiger partial charge in [-0.2, -0.15) is 0 Å². The molecule has 1 unspecified atom stereocenters. The summed E-state index contributed by atoms with van der Waals surface area (Å²) in [5, 5.41) is 0.829. The largest absolute Gasteiger partial charge is 0.376 e. The lowest BCUT2D eigenvalue weighted by molar-refractivity contribution is -0.0901. The number of carbonyl (C=O) groups is 1. The molecule has 0 aliphatic carbocycles. The van der Waals surface area contributed by atoms with Crippen LogP contribution in [0.15, 0.2) is 6.20 Å². The molecule has 0 N–H and O–H groups in total. The molecule has 1 fully saturated rings. The summed E-state index contributed by atoms with van der Waals surface area (Å²) in [6, 6.07) is 0. The Labute approximate surface area is 85.9 Å². The summed E-state index contributed by atoms with van der Waals surface area (Å²) < 4.78 is 10.7. The van der Waals surface area contributed by atoms with E-state index in [1.807, 2.05) is 0 Å². The van der Waals surface area contributed by atoms with Crippen LogP contribution in [0.1, 0.15) is 27.7 Å². The van der Waals surface area contributed by atoms with E-state index in [1.54, 1.807) is 6.20 Å². The van der Waals surface area contributed by atoms with Gasteiger partial charge in [-0.05, 0) is 0 Å². The van der Waals surface area contributed by atoms with Crippen molar-refractivity contribution in [2.45, 2.75) is 13.0 Å². The van der Waals surface area contributed by atoms with Gasteiger partial charge in [0.05, 0.1) is 24.7 Å². The number of nitrogens with zero attached hydrogens (tertiary/aromatic N) is 1. The molecule has 2 rings (SSSR count). The molecule has 1 aromatic rings. The number of thiazole rings is 1. The zero-order chi connectivity index (χ0) is 9.97. The van der Waals surface area contributed by atoms with Crippen LogP contribution in [0, 0.1) is 0 Å². The second-order valence-electron chi connectivity index (χ2n) is 3.05. The van der Waals surface area contributed by atoms with Crippen LogP contribution in [0.5, 0.6) is 0 Å². The van der Waals surface area contributed by atoms with Crippen molar-refractivity contribution in [3.63, 3.8) is 0 Å². The fraction of sp³-hybridized carbons (Fsp3) is 0.556. The molecule has 0 amide bonds. The number of ether oxygens (including phenoxy) is 2. The molecule has 1 atom stereocenters. The molecule has 4 nitrogen and oxygen atoms in total. The van der Waals surface area contributed by atoms with Gasteiger partial charge in [-0.25, -0.2) is 4.98 Å². The van der Waals surface area contributed by atoms with E-state index in [2.05, 4.69) is 4.98 Å². The average molecular weight is 213 g/mol. The molecular weight excluding hydrogens is 202 g/mol. The molecule has 0 bridgehead atoms. The molecular formula is C9H11NO3S. The Hall–Kier alpha value is -0.780. The van der Waals surface area contributed by atoms with Gasteiger partial charge in [-0.1, -0.05) is 0 Å². The third kappa shape index (κ3) is 2.00. The smallest absolute Gasteiger partial charge is 0.171 e. The second kappa shape index (κ2) is 4.16. The van der Waals surface area contributed by atoms with E-state index in [0.717, 1.165) is 5.01 Å². The van der Waals surface area contributed by atoms with E-state index in [9.17, 15) is 4.79 Å². The Morgan fingerprint density at radius 3 is 3.07 bits per heavy atom. The van der Waals surface area contributed by atoms with E-state index in [1.165, 1.54) is 18.3 Å². The average Bonchev–Trinajstić information content (AvgIpc) is 2.68. The summed E-state index contributed by atoms with van der Waals surface area (Å²) in [5.41, 5.74) is 0. The number of Topliss-reactive ketones (excluding diaryl/α,β-unsaturated/α-hetero) is 1. The molecule has 0 saturated carbocycles. The zero-order valence-corrected chi connectivity index (χ0v) is 8.67. The van der Waals surface area contributed by atoms with Crippen molar-refractivity contribution >= 4 is 17.1 Å². The molecule has 0 aromatic carbocycles. The summed E-state index contributed by atoms with van der Waals surface area (Å²) in [6.45, 7) is 3.31. The minimum atomic E-state index is -0.0955. The van der Waals surface area contributed by atoms with Gasteiger partial charge in [0.2, 0.25) is 0 Å². The van der Waals surface area contributed by atoms with E-state index >= 15 is 0 Å². The minimum absolute atomic E-state index is 0.0467. The van der Waals surface area contributed by atoms with E-state index < -0.39 is 0 Å². The summed E-state index contributed by atoms with van der Waals surface area (Å²) >= 11 is 1.38. The Bertz CT molecular complexity index is 331. The highest BCUT2D eigenvalue weighted by molar-refractivity contribution is 7.13. The first-order valence-electron chi connectivity index (χ1n) is 4.43. The normalized spacial score (nSPS) is 22.2. The number of rotatable bonds is 2. The topological polar surface area (TPSA) is 48.4 Å². The number of carbonyl (C=O) groups excluding carboxylic acids is 1. The number of hydrogen-bond donors (Lipinski definition) is 0. The highest BCUT2D eigenvalue weighted by Gasteiger charge is 2.20. The van der Waals surface area contributed by atoms with Crippen molar-refractivity contribution in [2.24, 2.45) is 0 Å². The predicted molar refractivity (Wildman–Crippen MR) is 51.6 cm³/mol. The van der Waals surface area contributed by atoms with Crippen LogP contribution >= 0.6 is 11.3 Å². The summed E-state index contributed by atoms with van der Waals surface area (Å²) in [7, 11) is 0. The Morgan fingerprint density at radius 2 is 2.50 bits per heavy atom. The van der Waals surface area contributed by atoms with Crippen molar-refractivity contribution in [3.8, 4) is 0 Å². The van der Waals surface area contributed by atoms with Crippen molar-refractivity contribution in [2.75, 3.05) is 19.8 Å². The standard InChI is InChI=1S/C9H11NO3S/c1-6(11)8-4-10-9(14-8)7-5-12-2-3-13-7/h4,7H,2-3,5H2,1H3. The van der Waals surface area contributed by atoms with Crippen LogP contribution in [-0.2, 0) is 9.47 Å². The van der Waals surface area contributed by atoms with Gasteiger partial charge in [-0.3, -0.25) is 4.79 Å². The Morgan fingerprint density at radius 1 is 1.64 bits per heavy atom. The third-order valence-electron chi connectivity index (χ3n) is 1.96. The highest BCUT2D eigenvalue weighted by Crippen LogP contribution is 2.25. The fourth-order valence-corrected chi connectivity index (χ4v) is 2.08. The van der Waals surface area contributed by atoms with Gasteiger partial charge in [0.25, 0.3) is 0 Å². The second-order valence-corrected chi connectivity index (χ2v) is 4.12. The monoisotopic (exact) mass is 213 g/mol. The van der Waals surface area contributed by atoms with Gasteiger partial charge < -0.3 is 9.47 Å². The molecule has 0 radical (unpaired) electrons.